The highest BCUT2D eigenvalue weighted by atomic mass is 16.2. The first-order valence-corrected chi connectivity index (χ1v) is 16.0. The average molecular weight is 578 g/mol. The second-order valence-corrected chi connectivity index (χ2v) is 14.4. The van der Waals surface area contributed by atoms with Crippen molar-refractivity contribution in [3.05, 3.63) is 45.8 Å². The van der Waals surface area contributed by atoms with Gasteiger partial charge < -0.3 is 15.5 Å². The van der Waals surface area contributed by atoms with Crippen LogP contribution in [-0.2, 0) is 19.2 Å². The molecule has 0 heterocycles. The lowest BCUT2D eigenvalue weighted by Crippen LogP contribution is -2.32. The molecule has 0 amide bonds. The molecule has 7 nitrogen and oxygen atoms in total. The highest BCUT2D eigenvalue weighted by Crippen LogP contribution is 2.38. The van der Waals surface area contributed by atoms with E-state index in [1.165, 1.54) is 0 Å². The Balaban J connectivity index is 1.17. The van der Waals surface area contributed by atoms with Crippen LogP contribution in [-0.4, -0.2) is 61.3 Å². The van der Waals surface area contributed by atoms with Crippen LogP contribution in [0.3, 0.4) is 0 Å². The van der Waals surface area contributed by atoms with Crippen LogP contribution in [0.15, 0.2) is 45.8 Å². The lowest BCUT2D eigenvalue weighted by molar-refractivity contribution is -0.129. The van der Waals surface area contributed by atoms with Gasteiger partial charge in [-0.15, -0.1) is 0 Å². The second-order valence-electron chi connectivity index (χ2n) is 14.4. The first-order chi connectivity index (χ1) is 19.8. The van der Waals surface area contributed by atoms with Gasteiger partial charge in [0.1, 0.15) is 0 Å². The molecule has 0 radical (unpaired) electrons. The number of Topliss-reactive ketones (excluding diaryl/α,β-unsaturated/α-hetero) is 4. The first kappa shape index (κ1) is 32.1. The van der Waals surface area contributed by atoms with Crippen LogP contribution in [0.5, 0.6) is 0 Å². The van der Waals surface area contributed by atoms with Gasteiger partial charge in [-0.1, -0.05) is 27.7 Å². The van der Waals surface area contributed by atoms with Gasteiger partial charge in [0.15, 0.2) is 23.1 Å². The molecule has 0 atom stereocenters. The number of hydrogen-bond acceptors (Lipinski definition) is 7. The third-order valence-electron chi connectivity index (χ3n) is 8.93. The number of nitrogens with one attached hydrogen (secondary N) is 2. The molecule has 4 aliphatic carbocycles. The Morgan fingerprint density at radius 3 is 1.33 bits per heavy atom. The Kier molecular flexibility index (Phi) is 10.4. The summed E-state index contributed by atoms with van der Waals surface area (Å²) < 4.78 is 0. The molecule has 2 N–H and O–H groups in total. The van der Waals surface area contributed by atoms with Crippen LogP contribution in [0.4, 0.5) is 0 Å². The first-order valence-electron chi connectivity index (χ1n) is 16.0. The predicted octanol–water partition coefficient (Wildman–Crippen LogP) is 5.52. The number of hydrogen-bond donors (Lipinski definition) is 2. The molecule has 0 bridgehead atoms. The van der Waals surface area contributed by atoms with Crippen molar-refractivity contribution in [2.75, 3.05) is 33.2 Å². The molecule has 2 saturated carbocycles. The van der Waals surface area contributed by atoms with Gasteiger partial charge in [0.25, 0.3) is 0 Å². The highest BCUT2D eigenvalue weighted by Gasteiger charge is 2.38. The Labute approximate surface area is 252 Å². The summed E-state index contributed by atoms with van der Waals surface area (Å²) in [6, 6.07) is 0. The molecule has 42 heavy (non-hydrogen) atoms. The van der Waals surface area contributed by atoms with Crippen LogP contribution in [0.25, 0.3) is 0 Å². The van der Waals surface area contributed by atoms with E-state index in [9.17, 15) is 19.2 Å². The van der Waals surface area contributed by atoms with Crippen molar-refractivity contribution in [3.63, 3.8) is 0 Å². The SMILES string of the molecule is CN(CCCNC1=CC(=C2C(=O)CC(C)(C)CC2=O)CCC1)CCCNC1=CC(=C2C(=O)CC(C)(C)CC2=O)CCC1. The van der Waals surface area contributed by atoms with Crippen LogP contribution < -0.4 is 10.6 Å². The van der Waals surface area contributed by atoms with Crippen LogP contribution in [0.1, 0.15) is 105 Å². The van der Waals surface area contributed by atoms with Gasteiger partial charge in [0.05, 0.1) is 11.1 Å². The van der Waals surface area contributed by atoms with E-state index in [2.05, 4.69) is 34.7 Å². The smallest absolute Gasteiger partial charge is 0.167 e. The van der Waals surface area contributed by atoms with Crippen molar-refractivity contribution in [1.82, 2.24) is 15.5 Å². The number of rotatable bonds is 10. The minimum absolute atomic E-state index is 0.00986. The number of ketones is 4. The number of nitrogens with zero attached hydrogens (tertiary/aromatic N) is 1. The van der Waals surface area contributed by atoms with Crippen molar-refractivity contribution >= 4 is 23.1 Å². The molecule has 4 rings (SSSR count). The number of carbonyl (C=O) groups is 4. The normalized spacial score (nSPS) is 22.9. The summed E-state index contributed by atoms with van der Waals surface area (Å²) in [5.74, 6) is 0.0395. The summed E-state index contributed by atoms with van der Waals surface area (Å²) >= 11 is 0. The van der Waals surface area contributed by atoms with Crippen molar-refractivity contribution in [3.8, 4) is 0 Å². The van der Waals surface area contributed by atoms with Crippen molar-refractivity contribution in [1.29, 1.82) is 0 Å². The van der Waals surface area contributed by atoms with Gasteiger partial charge in [-0.05, 0) is 106 Å². The predicted molar refractivity (Wildman–Crippen MR) is 167 cm³/mol. The summed E-state index contributed by atoms with van der Waals surface area (Å²) in [6.45, 7) is 11.7. The van der Waals surface area contributed by atoms with E-state index in [0.29, 0.717) is 36.8 Å². The van der Waals surface area contributed by atoms with Gasteiger partial charge in [-0.25, -0.2) is 0 Å². The van der Waals surface area contributed by atoms with Gasteiger partial charge in [0.2, 0.25) is 0 Å². The zero-order valence-electron chi connectivity index (χ0n) is 26.5. The van der Waals surface area contributed by atoms with E-state index >= 15 is 0 Å². The van der Waals surface area contributed by atoms with Crippen LogP contribution in [0, 0.1) is 10.8 Å². The monoisotopic (exact) mass is 577 g/mol. The van der Waals surface area contributed by atoms with E-state index in [4.69, 9.17) is 0 Å². The van der Waals surface area contributed by atoms with Crippen molar-refractivity contribution in [2.45, 2.75) is 105 Å². The van der Waals surface area contributed by atoms with Gasteiger partial charge >= 0.3 is 0 Å². The van der Waals surface area contributed by atoms with Crippen LogP contribution in [0.2, 0.25) is 0 Å². The minimum atomic E-state index is -0.232. The Morgan fingerprint density at radius 1 is 0.619 bits per heavy atom. The lowest BCUT2D eigenvalue weighted by Gasteiger charge is -2.30. The highest BCUT2D eigenvalue weighted by molar-refractivity contribution is 6.23. The fourth-order valence-electron chi connectivity index (χ4n) is 6.87. The largest absolute Gasteiger partial charge is 0.388 e. The fourth-order valence-corrected chi connectivity index (χ4v) is 6.87. The molecule has 2 fully saturated rings. The molecule has 0 spiro atoms. The summed E-state index contributed by atoms with van der Waals surface area (Å²) in [4.78, 5) is 53.2. The Bertz CT molecular complexity index is 1090. The lowest BCUT2D eigenvalue weighted by atomic mass is 9.72. The maximum Gasteiger partial charge on any atom is 0.167 e. The summed E-state index contributed by atoms with van der Waals surface area (Å²) in [5.41, 5.74) is 4.57. The topological polar surface area (TPSA) is 95.6 Å². The maximum atomic E-state index is 12.7. The molecule has 4 aliphatic rings. The van der Waals surface area contributed by atoms with E-state index in [0.717, 1.165) is 100 Å². The maximum absolute atomic E-state index is 12.7. The van der Waals surface area contributed by atoms with E-state index in [1.54, 1.807) is 0 Å². The molecule has 0 aromatic heterocycles. The molecule has 0 saturated heterocycles. The molecular weight excluding hydrogens is 526 g/mol. The van der Waals surface area contributed by atoms with Gasteiger partial charge in [-0.3, -0.25) is 19.2 Å². The molecule has 0 aliphatic heterocycles. The Morgan fingerprint density at radius 2 is 0.976 bits per heavy atom. The third kappa shape index (κ3) is 8.62. The standard InChI is InChI=1S/C35H51N3O4/c1-34(2)20-28(39)32(29(40)21-34)24-10-6-12-26(18-24)36-14-8-16-38(5)17-9-15-37-27-13-7-11-25(19-27)33-30(41)22-35(3,4)23-31(33)42/h18-19,36-37H,6-17,20-23H2,1-5H3. The zero-order chi connectivity index (χ0) is 30.5. The Hall–Kier alpha value is -2.80. The average Bonchev–Trinajstić information content (AvgIpc) is 2.87. The third-order valence-corrected chi connectivity index (χ3v) is 8.93. The summed E-state index contributed by atoms with van der Waals surface area (Å²) in [7, 11) is 2.15. The van der Waals surface area contributed by atoms with E-state index < -0.39 is 0 Å². The molecule has 0 unspecified atom stereocenters. The summed E-state index contributed by atoms with van der Waals surface area (Å²) in [6.07, 6.45) is 13.4. The number of carbonyl (C=O) groups excluding carboxylic acids is 4. The zero-order valence-corrected chi connectivity index (χ0v) is 26.5. The molecule has 0 aromatic carbocycles. The number of allylic oxidation sites excluding steroid dienone is 8. The quantitative estimate of drug-likeness (QED) is 0.200. The molecular formula is C35H51N3O4. The van der Waals surface area contributed by atoms with Gasteiger partial charge in [-0.2, -0.15) is 0 Å². The van der Waals surface area contributed by atoms with Crippen molar-refractivity contribution < 1.29 is 19.2 Å². The second kappa shape index (κ2) is 13.7. The van der Waals surface area contributed by atoms with E-state index in [-0.39, 0.29) is 34.0 Å². The van der Waals surface area contributed by atoms with Crippen molar-refractivity contribution in [2.24, 2.45) is 10.8 Å². The van der Waals surface area contributed by atoms with Gasteiger partial charge in [0, 0.05) is 50.2 Å². The summed E-state index contributed by atoms with van der Waals surface area (Å²) in [5, 5.41) is 7.10. The molecule has 0 aromatic rings. The molecule has 230 valence electrons. The van der Waals surface area contributed by atoms with E-state index in [1.807, 2.05) is 27.7 Å². The minimum Gasteiger partial charge on any atom is -0.388 e. The molecule has 7 heteroatoms. The fraction of sp³-hybridized carbons (Fsp3) is 0.657. The van der Waals surface area contributed by atoms with Crippen LogP contribution >= 0.6 is 0 Å².